The first kappa shape index (κ1) is 21.7. The van der Waals surface area contributed by atoms with Gasteiger partial charge in [-0.3, -0.25) is 9.59 Å². The molecule has 3 atom stereocenters. The van der Waals surface area contributed by atoms with Gasteiger partial charge in [-0.05, 0) is 71.9 Å². The van der Waals surface area contributed by atoms with E-state index in [4.69, 9.17) is 4.74 Å². The molecule has 1 saturated heterocycles. The lowest BCUT2D eigenvalue weighted by Crippen LogP contribution is -2.51. The normalized spacial score (nSPS) is 24.4. The smallest absolute Gasteiger partial charge is 0.310 e. The predicted octanol–water partition coefficient (Wildman–Crippen LogP) is 1.58. The Morgan fingerprint density at radius 3 is 2.72 bits per heavy atom. The zero-order valence-electron chi connectivity index (χ0n) is 18.2. The number of fused-ring (bicyclic) bond motifs is 1. The second-order valence-electron chi connectivity index (χ2n) is 8.83. The van der Waals surface area contributed by atoms with Crippen LogP contribution in [-0.2, 0) is 32.7 Å². The molecule has 0 saturated carbocycles. The minimum Gasteiger partial charge on any atom is -0.469 e. The van der Waals surface area contributed by atoms with Crippen molar-refractivity contribution in [2.45, 2.75) is 77.3 Å². The standard InChI is InChI=1S/C21H35N5O3/c1-14(18(27)29-4)15(2)23-20(28)21(3)10-5-13-26-17(24-25-19(21)26)7-6-16-8-11-22-12-9-16/h14-16,22H,5-13H2,1-4H3,(H,23,28)/t14-,15?,21?/m0/s1. The van der Waals surface area contributed by atoms with E-state index in [0.717, 1.165) is 62.9 Å². The third-order valence-electron chi connectivity index (χ3n) is 6.80. The fourth-order valence-electron chi connectivity index (χ4n) is 4.47. The molecule has 1 aromatic heterocycles. The number of esters is 1. The molecule has 3 rings (SSSR count). The van der Waals surface area contributed by atoms with E-state index >= 15 is 0 Å². The summed E-state index contributed by atoms with van der Waals surface area (Å²) in [5.41, 5.74) is -0.734. The van der Waals surface area contributed by atoms with Gasteiger partial charge in [0, 0.05) is 19.0 Å². The van der Waals surface area contributed by atoms with E-state index in [1.54, 1.807) is 6.92 Å². The molecule has 8 nitrogen and oxygen atoms in total. The number of piperidine rings is 1. The Hall–Kier alpha value is -1.96. The van der Waals surface area contributed by atoms with Crippen molar-refractivity contribution < 1.29 is 14.3 Å². The summed E-state index contributed by atoms with van der Waals surface area (Å²) in [4.78, 5) is 25.0. The highest BCUT2D eigenvalue weighted by molar-refractivity contribution is 5.87. The molecule has 1 aromatic rings. The molecule has 0 aromatic carbocycles. The van der Waals surface area contributed by atoms with Gasteiger partial charge in [-0.2, -0.15) is 0 Å². The van der Waals surface area contributed by atoms with Gasteiger partial charge in [-0.15, -0.1) is 10.2 Å². The van der Waals surface area contributed by atoms with Gasteiger partial charge in [-0.25, -0.2) is 0 Å². The Bertz CT molecular complexity index is 728. The van der Waals surface area contributed by atoms with E-state index in [-0.39, 0.29) is 17.9 Å². The molecular weight excluding hydrogens is 370 g/mol. The summed E-state index contributed by atoms with van der Waals surface area (Å²) in [7, 11) is 1.36. The van der Waals surface area contributed by atoms with Crippen molar-refractivity contribution in [3.63, 3.8) is 0 Å². The van der Waals surface area contributed by atoms with Gasteiger partial charge in [0.2, 0.25) is 5.91 Å². The Labute approximate surface area is 173 Å². The Balaban J connectivity index is 1.69. The van der Waals surface area contributed by atoms with Crippen LogP contribution in [0.1, 0.15) is 64.5 Å². The fourth-order valence-corrected chi connectivity index (χ4v) is 4.47. The third kappa shape index (κ3) is 4.63. The molecule has 2 N–H and O–H groups in total. The van der Waals surface area contributed by atoms with Gasteiger partial charge in [-0.1, -0.05) is 0 Å². The largest absolute Gasteiger partial charge is 0.469 e. The van der Waals surface area contributed by atoms with Crippen LogP contribution in [0.2, 0.25) is 0 Å². The monoisotopic (exact) mass is 405 g/mol. The SMILES string of the molecule is COC(=O)[C@@H](C)C(C)NC(=O)C1(C)CCCn2c(CCC3CCNCC3)nnc21. The maximum Gasteiger partial charge on any atom is 0.310 e. The van der Waals surface area contributed by atoms with Crippen LogP contribution in [0.5, 0.6) is 0 Å². The van der Waals surface area contributed by atoms with Crippen LogP contribution in [0.3, 0.4) is 0 Å². The highest BCUT2D eigenvalue weighted by Gasteiger charge is 2.43. The number of ether oxygens (including phenoxy) is 1. The Kier molecular flexibility index (Phi) is 6.93. The number of nitrogens with one attached hydrogen (secondary N) is 2. The van der Waals surface area contributed by atoms with Gasteiger partial charge in [0.1, 0.15) is 17.1 Å². The first-order chi connectivity index (χ1) is 13.9. The second-order valence-corrected chi connectivity index (χ2v) is 8.83. The lowest BCUT2D eigenvalue weighted by molar-refractivity contribution is -0.146. The lowest BCUT2D eigenvalue weighted by atomic mass is 9.80. The molecule has 2 unspecified atom stereocenters. The minimum atomic E-state index is -0.734. The van der Waals surface area contributed by atoms with Crippen molar-refractivity contribution in [1.29, 1.82) is 0 Å². The molecule has 162 valence electrons. The molecule has 8 heteroatoms. The third-order valence-corrected chi connectivity index (χ3v) is 6.80. The summed E-state index contributed by atoms with van der Waals surface area (Å²) in [6.45, 7) is 8.60. The van der Waals surface area contributed by atoms with Crippen molar-refractivity contribution in [1.82, 2.24) is 25.4 Å². The number of hydrogen-bond donors (Lipinski definition) is 2. The predicted molar refractivity (Wildman–Crippen MR) is 109 cm³/mol. The van der Waals surface area contributed by atoms with E-state index in [1.807, 2.05) is 13.8 Å². The van der Waals surface area contributed by atoms with Crippen LogP contribution in [0, 0.1) is 11.8 Å². The van der Waals surface area contributed by atoms with Crippen LogP contribution in [0.4, 0.5) is 0 Å². The Morgan fingerprint density at radius 1 is 1.31 bits per heavy atom. The van der Waals surface area contributed by atoms with Crippen LogP contribution < -0.4 is 10.6 Å². The van der Waals surface area contributed by atoms with Crippen LogP contribution in [-0.4, -0.2) is 52.9 Å². The lowest BCUT2D eigenvalue weighted by Gasteiger charge is -2.34. The number of nitrogens with zero attached hydrogens (tertiary/aromatic N) is 3. The van der Waals surface area contributed by atoms with Crippen LogP contribution >= 0.6 is 0 Å². The highest BCUT2D eigenvalue weighted by Crippen LogP contribution is 2.34. The quantitative estimate of drug-likeness (QED) is 0.669. The number of hydrogen-bond acceptors (Lipinski definition) is 6. The first-order valence-electron chi connectivity index (χ1n) is 10.9. The number of carbonyl (C=O) groups is 2. The second kappa shape index (κ2) is 9.24. The van der Waals surface area contributed by atoms with Gasteiger partial charge in [0.05, 0.1) is 13.0 Å². The van der Waals surface area contributed by atoms with Gasteiger partial charge < -0.3 is 19.9 Å². The number of aromatic nitrogens is 3. The number of carbonyl (C=O) groups excluding carboxylic acids is 2. The molecule has 1 amide bonds. The number of amides is 1. The van der Waals surface area contributed by atoms with E-state index in [1.165, 1.54) is 20.0 Å². The van der Waals surface area contributed by atoms with Crippen molar-refractivity contribution in [3.8, 4) is 0 Å². The molecule has 1 fully saturated rings. The van der Waals surface area contributed by atoms with E-state index in [0.29, 0.717) is 0 Å². The average molecular weight is 406 g/mol. The highest BCUT2D eigenvalue weighted by atomic mass is 16.5. The number of methoxy groups -OCH3 is 1. The summed E-state index contributed by atoms with van der Waals surface area (Å²) in [5, 5.41) is 15.3. The van der Waals surface area contributed by atoms with E-state index in [9.17, 15) is 9.59 Å². The maximum absolute atomic E-state index is 13.2. The minimum absolute atomic E-state index is 0.0981. The number of rotatable bonds is 7. The molecule has 0 bridgehead atoms. The van der Waals surface area contributed by atoms with Crippen LogP contribution in [0.15, 0.2) is 0 Å². The number of aryl methyl sites for hydroxylation is 1. The summed E-state index contributed by atoms with van der Waals surface area (Å²) in [5.74, 6) is 1.65. The van der Waals surface area contributed by atoms with Crippen molar-refractivity contribution >= 4 is 11.9 Å². The zero-order valence-corrected chi connectivity index (χ0v) is 18.2. The van der Waals surface area contributed by atoms with Gasteiger partial charge in [0.25, 0.3) is 0 Å². The maximum atomic E-state index is 13.2. The average Bonchev–Trinajstić information content (AvgIpc) is 3.16. The van der Waals surface area contributed by atoms with Gasteiger partial charge >= 0.3 is 5.97 Å². The molecule has 0 radical (unpaired) electrons. The van der Waals surface area contributed by atoms with Gasteiger partial charge in [0.15, 0.2) is 0 Å². The van der Waals surface area contributed by atoms with Crippen molar-refractivity contribution in [2.24, 2.45) is 11.8 Å². The molecule has 2 aliphatic heterocycles. The molecule has 0 spiro atoms. The molecular formula is C21H35N5O3. The van der Waals surface area contributed by atoms with Crippen LogP contribution in [0.25, 0.3) is 0 Å². The first-order valence-corrected chi connectivity index (χ1v) is 10.9. The fraction of sp³-hybridized carbons (Fsp3) is 0.810. The van der Waals surface area contributed by atoms with E-state index in [2.05, 4.69) is 25.4 Å². The summed E-state index contributed by atoms with van der Waals surface area (Å²) >= 11 is 0. The zero-order chi connectivity index (χ0) is 21.0. The summed E-state index contributed by atoms with van der Waals surface area (Å²) in [6.07, 6.45) is 6.11. The topological polar surface area (TPSA) is 98.1 Å². The Morgan fingerprint density at radius 2 is 2.03 bits per heavy atom. The molecule has 0 aliphatic carbocycles. The van der Waals surface area contributed by atoms with Crippen molar-refractivity contribution in [2.75, 3.05) is 20.2 Å². The molecule has 29 heavy (non-hydrogen) atoms. The van der Waals surface area contributed by atoms with E-state index < -0.39 is 11.3 Å². The molecule has 3 heterocycles. The van der Waals surface area contributed by atoms with Crippen molar-refractivity contribution in [3.05, 3.63) is 11.6 Å². The summed E-state index contributed by atoms with van der Waals surface area (Å²) < 4.78 is 6.95. The molecule has 2 aliphatic rings. The summed E-state index contributed by atoms with van der Waals surface area (Å²) in [6, 6.07) is -0.315.